The second-order valence-corrected chi connectivity index (χ2v) is 2.86. The van der Waals surface area contributed by atoms with Crippen molar-refractivity contribution in [1.29, 1.82) is 0 Å². The largest absolute Gasteiger partial charge is 0.395 e. The van der Waals surface area contributed by atoms with Crippen molar-refractivity contribution in [2.75, 3.05) is 25.6 Å². The first-order chi connectivity index (χ1) is 5.76. The zero-order valence-electron chi connectivity index (χ0n) is 7.42. The van der Waals surface area contributed by atoms with Crippen molar-refractivity contribution in [2.45, 2.75) is 19.8 Å². The summed E-state index contributed by atoms with van der Waals surface area (Å²) in [6, 6.07) is 0. The lowest BCUT2D eigenvalue weighted by Crippen LogP contribution is -2.35. The fourth-order valence-electron chi connectivity index (χ4n) is 0.915. The number of aliphatic hydroxyl groups is 1. The van der Waals surface area contributed by atoms with Crippen LogP contribution >= 0.6 is 11.6 Å². The van der Waals surface area contributed by atoms with Gasteiger partial charge in [0.05, 0.1) is 6.61 Å². The van der Waals surface area contributed by atoms with Gasteiger partial charge in [0.2, 0.25) is 5.91 Å². The molecule has 0 saturated carbocycles. The van der Waals surface area contributed by atoms with E-state index in [9.17, 15) is 4.79 Å². The first-order valence-electron chi connectivity index (χ1n) is 4.20. The molecule has 0 heterocycles. The normalized spacial score (nSPS) is 9.92. The van der Waals surface area contributed by atoms with Gasteiger partial charge in [0, 0.05) is 13.1 Å². The highest BCUT2D eigenvalue weighted by Gasteiger charge is 2.09. The molecule has 0 rings (SSSR count). The van der Waals surface area contributed by atoms with Crippen molar-refractivity contribution in [2.24, 2.45) is 0 Å². The van der Waals surface area contributed by atoms with E-state index in [4.69, 9.17) is 16.7 Å². The number of nitrogens with zero attached hydrogens (tertiary/aromatic N) is 1. The van der Waals surface area contributed by atoms with Gasteiger partial charge in [-0.1, -0.05) is 13.3 Å². The Morgan fingerprint density at radius 1 is 1.50 bits per heavy atom. The summed E-state index contributed by atoms with van der Waals surface area (Å²) < 4.78 is 0. The maximum Gasteiger partial charge on any atom is 0.237 e. The summed E-state index contributed by atoms with van der Waals surface area (Å²) in [4.78, 5) is 12.7. The van der Waals surface area contributed by atoms with E-state index in [0.717, 1.165) is 12.8 Å². The molecule has 4 heteroatoms. The number of carbonyl (C=O) groups is 1. The Labute approximate surface area is 78.3 Å². The summed E-state index contributed by atoms with van der Waals surface area (Å²) in [6.07, 6.45) is 2.00. The second kappa shape index (κ2) is 7.37. The highest BCUT2D eigenvalue weighted by atomic mass is 35.5. The lowest BCUT2D eigenvalue weighted by Gasteiger charge is -2.19. The summed E-state index contributed by atoms with van der Waals surface area (Å²) in [5, 5.41) is 8.64. The Morgan fingerprint density at radius 3 is 2.58 bits per heavy atom. The lowest BCUT2D eigenvalue weighted by molar-refractivity contribution is -0.129. The zero-order valence-corrected chi connectivity index (χ0v) is 8.18. The number of halogens is 1. The molecule has 0 aliphatic heterocycles. The van der Waals surface area contributed by atoms with Crippen molar-refractivity contribution < 1.29 is 9.90 Å². The average molecular weight is 194 g/mol. The van der Waals surface area contributed by atoms with Crippen LogP contribution < -0.4 is 0 Å². The van der Waals surface area contributed by atoms with Crippen LogP contribution in [0.4, 0.5) is 0 Å². The minimum absolute atomic E-state index is 0.00368. The number of aliphatic hydroxyl groups excluding tert-OH is 1. The van der Waals surface area contributed by atoms with Gasteiger partial charge in [0.1, 0.15) is 5.88 Å². The predicted molar refractivity (Wildman–Crippen MR) is 49.3 cm³/mol. The maximum atomic E-state index is 11.1. The van der Waals surface area contributed by atoms with E-state index in [-0.39, 0.29) is 18.4 Å². The molecule has 0 atom stereocenters. The van der Waals surface area contributed by atoms with E-state index in [0.29, 0.717) is 13.1 Å². The topological polar surface area (TPSA) is 40.5 Å². The third-order valence-corrected chi connectivity index (χ3v) is 1.85. The van der Waals surface area contributed by atoms with Crippen LogP contribution in [0.3, 0.4) is 0 Å². The number of hydrogen-bond donors (Lipinski definition) is 1. The Bertz CT molecular complexity index is 130. The Hall–Kier alpha value is -0.280. The van der Waals surface area contributed by atoms with Crippen molar-refractivity contribution in [1.82, 2.24) is 4.90 Å². The molecule has 0 unspecified atom stereocenters. The van der Waals surface area contributed by atoms with Gasteiger partial charge in [0.15, 0.2) is 0 Å². The molecule has 0 bridgehead atoms. The molecule has 0 fully saturated rings. The Kier molecular flexibility index (Phi) is 7.20. The van der Waals surface area contributed by atoms with Gasteiger partial charge in [-0.15, -0.1) is 11.6 Å². The number of hydrogen-bond acceptors (Lipinski definition) is 2. The van der Waals surface area contributed by atoms with Gasteiger partial charge in [-0.25, -0.2) is 0 Å². The lowest BCUT2D eigenvalue weighted by atomic mass is 10.3. The molecule has 0 aliphatic rings. The molecule has 1 N–H and O–H groups in total. The van der Waals surface area contributed by atoms with E-state index in [1.165, 1.54) is 0 Å². The molecule has 0 aromatic heterocycles. The van der Waals surface area contributed by atoms with Crippen LogP contribution in [-0.4, -0.2) is 41.5 Å². The van der Waals surface area contributed by atoms with Crippen molar-refractivity contribution in [3.63, 3.8) is 0 Å². The molecule has 0 aromatic rings. The third-order valence-electron chi connectivity index (χ3n) is 1.62. The first kappa shape index (κ1) is 11.7. The fraction of sp³-hybridized carbons (Fsp3) is 0.875. The van der Waals surface area contributed by atoms with Crippen LogP contribution in [0.25, 0.3) is 0 Å². The molecule has 0 saturated heterocycles. The smallest absolute Gasteiger partial charge is 0.237 e. The molecule has 1 amide bonds. The third kappa shape index (κ3) is 4.57. The van der Waals surface area contributed by atoms with E-state index in [2.05, 4.69) is 6.92 Å². The second-order valence-electron chi connectivity index (χ2n) is 2.59. The van der Waals surface area contributed by atoms with Crippen LogP contribution in [-0.2, 0) is 4.79 Å². The van der Waals surface area contributed by atoms with Crippen molar-refractivity contribution in [3.8, 4) is 0 Å². The summed E-state index contributed by atoms with van der Waals surface area (Å²) in [5.41, 5.74) is 0. The van der Waals surface area contributed by atoms with Gasteiger partial charge in [-0.3, -0.25) is 4.79 Å². The monoisotopic (exact) mass is 193 g/mol. The number of alkyl halides is 1. The minimum atomic E-state index is -0.0980. The average Bonchev–Trinajstić information content (AvgIpc) is 2.11. The summed E-state index contributed by atoms with van der Waals surface area (Å²) in [7, 11) is 0. The Morgan fingerprint density at radius 2 is 2.17 bits per heavy atom. The Balaban J connectivity index is 3.76. The number of carbonyl (C=O) groups excluding carboxylic acids is 1. The first-order valence-corrected chi connectivity index (χ1v) is 4.74. The zero-order chi connectivity index (χ0) is 9.40. The number of unbranched alkanes of at least 4 members (excludes halogenated alkanes) is 1. The van der Waals surface area contributed by atoms with Gasteiger partial charge in [-0.05, 0) is 6.42 Å². The number of amides is 1. The van der Waals surface area contributed by atoms with Crippen molar-refractivity contribution in [3.05, 3.63) is 0 Å². The van der Waals surface area contributed by atoms with E-state index >= 15 is 0 Å². The molecular weight excluding hydrogens is 178 g/mol. The molecule has 0 aliphatic carbocycles. The van der Waals surface area contributed by atoms with Crippen LogP contribution in [0.5, 0.6) is 0 Å². The van der Waals surface area contributed by atoms with Crippen LogP contribution in [0, 0.1) is 0 Å². The highest BCUT2D eigenvalue weighted by Crippen LogP contribution is 1.96. The summed E-state index contributed by atoms with van der Waals surface area (Å²) in [6.45, 7) is 3.16. The molecule has 0 radical (unpaired) electrons. The fourth-order valence-corrected chi connectivity index (χ4v) is 1.08. The molecule has 0 aromatic carbocycles. The quantitative estimate of drug-likeness (QED) is 0.636. The van der Waals surface area contributed by atoms with E-state index < -0.39 is 0 Å². The molecule has 72 valence electrons. The highest BCUT2D eigenvalue weighted by molar-refractivity contribution is 6.27. The van der Waals surface area contributed by atoms with Crippen molar-refractivity contribution >= 4 is 17.5 Å². The van der Waals surface area contributed by atoms with Gasteiger partial charge < -0.3 is 10.0 Å². The van der Waals surface area contributed by atoms with Gasteiger partial charge >= 0.3 is 0 Å². The van der Waals surface area contributed by atoms with Crippen LogP contribution in [0.2, 0.25) is 0 Å². The standard InChI is InChI=1S/C8H16ClNO2/c1-2-3-4-10(5-6-11)8(12)7-9/h11H,2-7H2,1H3. The minimum Gasteiger partial charge on any atom is -0.395 e. The van der Waals surface area contributed by atoms with Crippen LogP contribution in [0.1, 0.15) is 19.8 Å². The molecular formula is C8H16ClNO2. The van der Waals surface area contributed by atoms with E-state index in [1.54, 1.807) is 4.90 Å². The molecule has 3 nitrogen and oxygen atoms in total. The number of rotatable bonds is 6. The van der Waals surface area contributed by atoms with Crippen LogP contribution in [0.15, 0.2) is 0 Å². The SMILES string of the molecule is CCCCN(CCO)C(=O)CCl. The summed E-state index contributed by atoms with van der Waals surface area (Å²) in [5.74, 6) is -0.0943. The van der Waals surface area contributed by atoms with Gasteiger partial charge in [0.25, 0.3) is 0 Å². The van der Waals surface area contributed by atoms with E-state index in [1.807, 2.05) is 0 Å². The molecule has 0 spiro atoms. The maximum absolute atomic E-state index is 11.1. The predicted octanol–water partition coefficient (Wildman–Crippen LogP) is 0.846. The summed E-state index contributed by atoms with van der Waals surface area (Å²) >= 11 is 5.39. The van der Waals surface area contributed by atoms with Gasteiger partial charge in [-0.2, -0.15) is 0 Å². The molecule has 12 heavy (non-hydrogen) atoms.